The van der Waals surface area contributed by atoms with Crippen molar-refractivity contribution in [1.82, 2.24) is 9.55 Å². The Hall–Kier alpha value is -2.59. The molecule has 0 radical (unpaired) electrons. The average Bonchev–Trinajstić information content (AvgIpc) is 2.96. The van der Waals surface area contributed by atoms with Gasteiger partial charge in [0, 0.05) is 10.7 Å². The number of carbonyl (C=O) groups excluding carboxylic acids is 1. The number of halogens is 1. The third kappa shape index (κ3) is 3.35. The maximum absolute atomic E-state index is 12.2. The molecule has 0 unspecified atom stereocenters. The topological polar surface area (TPSA) is 46.9 Å². The van der Waals surface area contributed by atoms with Crippen molar-refractivity contribution in [1.29, 1.82) is 0 Å². The molecule has 1 N–H and O–H groups in total. The zero-order valence-corrected chi connectivity index (χ0v) is 12.5. The van der Waals surface area contributed by atoms with Gasteiger partial charge in [0.1, 0.15) is 12.1 Å². The predicted molar refractivity (Wildman–Crippen MR) is 87.3 cm³/mol. The monoisotopic (exact) mass is 311 g/mol. The van der Waals surface area contributed by atoms with E-state index in [4.69, 9.17) is 11.6 Å². The minimum absolute atomic E-state index is 0.111. The number of carbonyl (C=O) groups is 1. The van der Waals surface area contributed by atoms with E-state index in [9.17, 15) is 4.79 Å². The Balaban J connectivity index is 1.74. The van der Waals surface area contributed by atoms with E-state index in [-0.39, 0.29) is 12.3 Å². The van der Waals surface area contributed by atoms with Gasteiger partial charge in [-0.3, -0.25) is 9.36 Å². The van der Waals surface area contributed by atoms with Crippen molar-refractivity contribution in [2.75, 3.05) is 5.32 Å². The molecular formula is C17H14ClN3O. The van der Waals surface area contributed by atoms with E-state index in [2.05, 4.69) is 10.3 Å². The first-order chi connectivity index (χ1) is 10.7. The number of para-hydroxylation sites is 1. The second-order valence-electron chi connectivity index (χ2n) is 4.84. The van der Waals surface area contributed by atoms with Crippen LogP contribution in [0, 0.1) is 0 Å². The summed E-state index contributed by atoms with van der Waals surface area (Å²) in [6.07, 6.45) is 3.56. The number of benzene rings is 2. The summed E-state index contributed by atoms with van der Waals surface area (Å²) in [6, 6.07) is 17.0. The molecule has 4 nitrogen and oxygen atoms in total. The number of anilines is 1. The van der Waals surface area contributed by atoms with Crippen LogP contribution in [0.15, 0.2) is 67.1 Å². The van der Waals surface area contributed by atoms with Gasteiger partial charge in [0.05, 0.1) is 12.6 Å². The van der Waals surface area contributed by atoms with Crippen LogP contribution in [0.2, 0.25) is 5.02 Å². The molecule has 1 aromatic heterocycles. The normalized spacial score (nSPS) is 10.4. The molecule has 0 saturated heterocycles. The summed E-state index contributed by atoms with van der Waals surface area (Å²) in [6.45, 7) is 0. The van der Waals surface area contributed by atoms with Crippen LogP contribution < -0.4 is 5.32 Å². The molecule has 0 bridgehead atoms. The molecule has 0 aliphatic carbocycles. The Bertz CT molecular complexity index is 783. The molecule has 5 heteroatoms. The lowest BCUT2D eigenvalue weighted by atomic mass is 10.1. The first-order valence-corrected chi connectivity index (χ1v) is 7.22. The maximum atomic E-state index is 12.2. The van der Waals surface area contributed by atoms with Gasteiger partial charge >= 0.3 is 0 Å². The average molecular weight is 312 g/mol. The van der Waals surface area contributed by atoms with Crippen LogP contribution in [0.4, 0.5) is 5.82 Å². The van der Waals surface area contributed by atoms with E-state index in [1.54, 1.807) is 24.7 Å². The first-order valence-electron chi connectivity index (χ1n) is 6.84. The standard InChI is InChI=1S/C17H14ClN3O/c18-14-6-4-5-13(9-14)10-17(22)20-16-11-19-12-21(16)15-7-2-1-3-8-15/h1-9,11-12H,10H2,(H,20,22). The Labute approximate surface area is 133 Å². The van der Waals surface area contributed by atoms with Crippen LogP contribution in [-0.2, 0) is 11.2 Å². The molecule has 1 heterocycles. The largest absolute Gasteiger partial charge is 0.310 e. The third-order valence-corrected chi connectivity index (χ3v) is 3.43. The predicted octanol–water partition coefficient (Wildman–Crippen LogP) is 3.71. The molecule has 22 heavy (non-hydrogen) atoms. The van der Waals surface area contributed by atoms with Gasteiger partial charge in [0.2, 0.25) is 5.91 Å². The lowest BCUT2D eigenvalue weighted by molar-refractivity contribution is -0.115. The highest BCUT2D eigenvalue weighted by atomic mass is 35.5. The molecule has 0 aliphatic heterocycles. The van der Waals surface area contributed by atoms with Gasteiger partial charge in [0.25, 0.3) is 0 Å². The highest BCUT2D eigenvalue weighted by molar-refractivity contribution is 6.30. The number of nitrogens with one attached hydrogen (secondary N) is 1. The Morgan fingerprint density at radius 2 is 1.95 bits per heavy atom. The Morgan fingerprint density at radius 1 is 1.14 bits per heavy atom. The van der Waals surface area contributed by atoms with Crippen LogP contribution in [0.1, 0.15) is 5.56 Å². The fraction of sp³-hybridized carbons (Fsp3) is 0.0588. The number of aromatic nitrogens is 2. The highest BCUT2D eigenvalue weighted by Gasteiger charge is 2.09. The van der Waals surface area contributed by atoms with Gasteiger partial charge in [-0.05, 0) is 29.8 Å². The molecule has 3 rings (SSSR count). The van der Waals surface area contributed by atoms with Gasteiger partial charge in [-0.2, -0.15) is 0 Å². The SMILES string of the molecule is O=C(Cc1cccc(Cl)c1)Nc1cncn1-c1ccccc1. The lowest BCUT2D eigenvalue weighted by Gasteiger charge is -2.09. The summed E-state index contributed by atoms with van der Waals surface area (Å²) in [5.74, 6) is 0.526. The van der Waals surface area contributed by atoms with Crippen molar-refractivity contribution < 1.29 is 4.79 Å². The van der Waals surface area contributed by atoms with E-state index < -0.39 is 0 Å². The van der Waals surface area contributed by atoms with E-state index in [1.165, 1.54) is 0 Å². The smallest absolute Gasteiger partial charge is 0.229 e. The van der Waals surface area contributed by atoms with Gasteiger partial charge < -0.3 is 5.32 Å². The quantitative estimate of drug-likeness (QED) is 0.798. The fourth-order valence-electron chi connectivity index (χ4n) is 2.20. The molecule has 0 saturated carbocycles. The summed E-state index contributed by atoms with van der Waals surface area (Å²) < 4.78 is 1.83. The number of hydrogen-bond acceptors (Lipinski definition) is 2. The van der Waals surface area contributed by atoms with Crippen molar-refractivity contribution in [3.63, 3.8) is 0 Å². The van der Waals surface area contributed by atoms with E-state index in [0.29, 0.717) is 10.8 Å². The number of imidazole rings is 1. The molecule has 0 atom stereocenters. The molecule has 0 spiro atoms. The van der Waals surface area contributed by atoms with Gasteiger partial charge in [-0.25, -0.2) is 4.98 Å². The Morgan fingerprint density at radius 3 is 2.73 bits per heavy atom. The molecule has 3 aromatic rings. The minimum Gasteiger partial charge on any atom is -0.310 e. The molecule has 110 valence electrons. The van der Waals surface area contributed by atoms with Crippen LogP contribution in [0.25, 0.3) is 5.69 Å². The van der Waals surface area contributed by atoms with Crippen LogP contribution in [0.3, 0.4) is 0 Å². The molecule has 2 aromatic carbocycles. The van der Waals surface area contributed by atoms with E-state index in [0.717, 1.165) is 11.3 Å². The number of amides is 1. The van der Waals surface area contributed by atoms with E-state index in [1.807, 2.05) is 47.0 Å². The van der Waals surface area contributed by atoms with Gasteiger partial charge in [0.15, 0.2) is 0 Å². The third-order valence-electron chi connectivity index (χ3n) is 3.19. The summed E-state index contributed by atoms with van der Waals surface area (Å²) in [5.41, 5.74) is 1.81. The summed E-state index contributed by atoms with van der Waals surface area (Å²) in [7, 11) is 0. The second-order valence-corrected chi connectivity index (χ2v) is 5.28. The fourth-order valence-corrected chi connectivity index (χ4v) is 2.41. The number of hydrogen-bond donors (Lipinski definition) is 1. The van der Waals surface area contributed by atoms with Crippen LogP contribution in [-0.4, -0.2) is 15.5 Å². The highest BCUT2D eigenvalue weighted by Crippen LogP contribution is 2.16. The van der Waals surface area contributed by atoms with Crippen LogP contribution >= 0.6 is 11.6 Å². The van der Waals surface area contributed by atoms with Crippen molar-refractivity contribution in [3.05, 3.63) is 77.7 Å². The van der Waals surface area contributed by atoms with Crippen molar-refractivity contribution >= 4 is 23.3 Å². The number of rotatable bonds is 4. The first kappa shape index (κ1) is 14.4. The second kappa shape index (κ2) is 6.45. The molecular weight excluding hydrogens is 298 g/mol. The molecule has 1 amide bonds. The van der Waals surface area contributed by atoms with Gasteiger partial charge in [-0.1, -0.05) is 41.9 Å². The molecule has 0 fully saturated rings. The van der Waals surface area contributed by atoms with E-state index >= 15 is 0 Å². The van der Waals surface area contributed by atoms with Gasteiger partial charge in [-0.15, -0.1) is 0 Å². The van der Waals surface area contributed by atoms with Crippen molar-refractivity contribution in [2.45, 2.75) is 6.42 Å². The Kier molecular flexibility index (Phi) is 4.21. The zero-order valence-electron chi connectivity index (χ0n) is 11.7. The molecule has 0 aliphatic rings. The van der Waals surface area contributed by atoms with Crippen molar-refractivity contribution in [2.24, 2.45) is 0 Å². The van der Waals surface area contributed by atoms with Crippen LogP contribution in [0.5, 0.6) is 0 Å². The summed E-state index contributed by atoms with van der Waals surface area (Å²) in [5, 5.41) is 3.50. The summed E-state index contributed by atoms with van der Waals surface area (Å²) >= 11 is 5.93. The minimum atomic E-state index is -0.111. The zero-order chi connectivity index (χ0) is 15.4. The van der Waals surface area contributed by atoms with Crippen molar-refractivity contribution in [3.8, 4) is 5.69 Å². The lowest BCUT2D eigenvalue weighted by Crippen LogP contribution is -2.16. The summed E-state index contributed by atoms with van der Waals surface area (Å²) in [4.78, 5) is 16.3. The number of nitrogens with zero attached hydrogens (tertiary/aromatic N) is 2. The maximum Gasteiger partial charge on any atom is 0.229 e.